The monoisotopic (exact) mass is 248 g/mol. The molecule has 0 saturated carbocycles. The molecule has 5 heteroatoms. The summed E-state index contributed by atoms with van der Waals surface area (Å²) in [5.41, 5.74) is 2.76. The minimum Gasteiger partial charge on any atom is -0.481 e. The summed E-state index contributed by atoms with van der Waals surface area (Å²) in [6, 6.07) is 5.51. The molecule has 0 bridgehead atoms. The van der Waals surface area contributed by atoms with Crippen LogP contribution in [0.25, 0.3) is 0 Å². The predicted molar refractivity (Wildman–Crippen MR) is 67.8 cm³/mol. The highest BCUT2D eigenvalue weighted by Gasteiger charge is 2.15. The zero-order valence-corrected chi connectivity index (χ0v) is 10.2. The first-order valence-electron chi connectivity index (χ1n) is 5.95. The van der Waals surface area contributed by atoms with Gasteiger partial charge in [-0.05, 0) is 24.1 Å². The summed E-state index contributed by atoms with van der Waals surface area (Å²) in [7, 11) is 0. The lowest BCUT2D eigenvalue weighted by molar-refractivity contribution is -0.140. The van der Waals surface area contributed by atoms with E-state index in [2.05, 4.69) is 10.6 Å². The van der Waals surface area contributed by atoms with E-state index in [0.29, 0.717) is 5.56 Å². The highest BCUT2D eigenvalue weighted by atomic mass is 16.4. The number of carbonyl (C=O) groups is 2. The van der Waals surface area contributed by atoms with E-state index in [-0.39, 0.29) is 12.5 Å². The maximum absolute atomic E-state index is 11.8. The largest absolute Gasteiger partial charge is 0.481 e. The van der Waals surface area contributed by atoms with Gasteiger partial charge in [-0.15, -0.1) is 0 Å². The van der Waals surface area contributed by atoms with Crippen molar-refractivity contribution in [1.29, 1.82) is 0 Å². The van der Waals surface area contributed by atoms with Crippen LogP contribution < -0.4 is 10.6 Å². The lowest BCUT2D eigenvalue weighted by atomic mass is 10.1. The van der Waals surface area contributed by atoms with Gasteiger partial charge in [-0.3, -0.25) is 9.59 Å². The first-order valence-corrected chi connectivity index (χ1v) is 5.95. The predicted octanol–water partition coefficient (Wildman–Crippen LogP) is 1.11. The number of anilines is 1. The standard InChI is InChI=1S/C13H16N2O3/c1-8(13(17)18)7-15-12(16)10-3-2-9-4-5-14-11(9)6-10/h2-3,6,8,14H,4-5,7H2,1H3,(H,15,16)(H,17,18). The van der Waals surface area contributed by atoms with Gasteiger partial charge in [-0.2, -0.15) is 0 Å². The molecule has 2 rings (SSSR count). The van der Waals surface area contributed by atoms with Crippen LogP contribution in [0.15, 0.2) is 18.2 Å². The number of hydrogen-bond donors (Lipinski definition) is 3. The number of hydrogen-bond acceptors (Lipinski definition) is 3. The van der Waals surface area contributed by atoms with Crippen LogP contribution in [-0.4, -0.2) is 30.1 Å². The number of carboxylic acids is 1. The maximum atomic E-state index is 11.8. The van der Waals surface area contributed by atoms with Crippen molar-refractivity contribution < 1.29 is 14.7 Å². The molecule has 1 aliphatic heterocycles. The summed E-state index contributed by atoms with van der Waals surface area (Å²) < 4.78 is 0. The van der Waals surface area contributed by atoms with Crippen molar-refractivity contribution in [3.63, 3.8) is 0 Å². The van der Waals surface area contributed by atoms with Crippen LogP contribution in [0.5, 0.6) is 0 Å². The summed E-state index contributed by atoms with van der Waals surface area (Å²) in [6.07, 6.45) is 0.979. The van der Waals surface area contributed by atoms with Gasteiger partial charge in [0.25, 0.3) is 5.91 Å². The van der Waals surface area contributed by atoms with Crippen LogP contribution >= 0.6 is 0 Å². The fourth-order valence-electron chi connectivity index (χ4n) is 1.87. The number of nitrogens with one attached hydrogen (secondary N) is 2. The van der Waals surface area contributed by atoms with Gasteiger partial charge in [0.1, 0.15) is 0 Å². The summed E-state index contributed by atoms with van der Waals surface area (Å²) in [5, 5.41) is 14.6. The number of amides is 1. The van der Waals surface area contributed by atoms with E-state index >= 15 is 0 Å². The molecule has 0 fully saturated rings. The summed E-state index contributed by atoms with van der Waals surface area (Å²) >= 11 is 0. The third-order valence-electron chi connectivity index (χ3n) is 3.07. The molecule has 0 spiro atoms. The van der Waals surface area contributed by atoms with Crippen LogP contribution in [0.2, 0.25) is 0 Å². The molecule has 1 aromatic carbocycles. The Morgan fingerprint density at radius 2 is 2.28 bits per heavy atom. The van der Waals surface area contributed by atoms with Crippen LogP contribution in [0.3, 0.4) is 0 Å². The second-order valence-corrected chi connectivity index (χ2v) is 4.50. The minimum absolute atomic E-state index is 0.138. The van der Waals surface area contributed by atoms with E-state index in [1.54, 1.807) is 13.0 Å². The molecule has 5 nitrogen and oxygen atoms in total. The average Bonchev–Trinajstić information content (AvgIpc) is 2.82. The molecule has 1 atom stereocenters. The molecule has 18 heavy (non-hydrogen) atoms. The Hall–Kier alpha value is -2.04. The molecule has 0 radical (unpaired) electrons. The van der Waals surface area contributed by atoms with E-state index in [1.807, 2.05) is 12.1 Å². The zero-order valence-electron chi connectivity index (χ0n) is 10.2. The van der Waals surface area contributed by atoms with E-state index in [9.17, 15) is 9.59 Å². The van der Waals surface area contributed by atoms with Gasteiger partial charge in [0.05, 0.1) is 5.92 Å². The number of carbonyl (C=O) groups excluding carboxylic acids is 1. The highest BCUT2D eigenvalue weighted by Crippen LogP contribution is 2.23. The Kier molecular flexibility index (Phi) is 3.50. The lowest BCUT2D eigenvalue weighted by Crippen LogP contribution is -2.31. The second-order valence-electron chi connectivity index (χ2n) is 4.50. The maximum Gasteiger partial charge on any atom is 0.308 e. The molecule has 0 saturated heterocycles. The van der Waals surface area contributed by atoms with E-state index in [1.165, 1.54) is 5.56 Å². The fraction of sp³-hybridized carbons (Fsp3) is 0.385. The second kappa shape index (κ2) is 5.08. The zero-order chi connectivity index (χ0) is 13.1. The van der Waals surface area contributed by atoms with Crippen LogP contribution in [0, 0.1) is 5.92 Å². The number of fused-ring (bicyclic) bond motifs is 1. The molecule has 0 aliphatic carbocycles. The quantitative estimate of drug-likeness (QED) is 0.745. The average molecular weight is 248 g/mol. The Labute approximate surface area is 105 Å². The molecule has 0 aromatic heterocycles. The molecular weight excluding hydrogens is 232 g/mol. The first-order chi connectivity index (χ1) is 8.58. The van der Waals surface area contributed by atoms with E-state index in [4.69, 9.17) is 5.11 Å². The summed E-state index contributed by atoms with van der Waals surface area (Å²) in [4.78, 5) is 22.5. The van der Waals surface area contributed by atoms with Crippen molar-refractivity contribution in [3.05, 3.63) is 29.3 Å². The Morgan fingerprint density at radius 1 is 1.50 bits per heavy atom. The van der Waals surface area contributed by atoms with Crippen LogP contribution in [0.1, 0.15) is 22.8 Å². The van der Waals surface area contributed by atoms with Gasteiger partial charge in [0.15, 0.2) is 0 Å². The van der Waals surface area contributed by atoms with Crippen molar-refractivity contribution >= 4 is 17.6 Å². The molecular formula is C13H16N2O3. The SMILES string of the molecule is CC(CNC(=O)c1ccc2c(c1)NCC2)C(=O)O. The van der Waals surface area contributed by atoms with Gasteiger partial charge in [-0.1, -0.05) is 13.0 Å². The van der Waals surface area contributed by atoms with Crippen molar-refractivity contribution in [2.75, 3.05) is 18.4 Å². The van der Waals surface area contributed by atoms with Gasteiger partial charge < -0.3 is 15.7 Å². The molecule has 1 aromatic rings. The third kappa shape index (κ3) is 2.61. The molecule has 1 aliphatic rings. The topological polar surface area (TPSA) is 78.4 Å². The van der Waals surface area contributed by atoms with E-state index in [0.717, 1.165) is 18.7 Å². The Morgan fingerprint density at radius 3 is 3.00 bits per heavy atom. The van der Waals surface area contributed by atoms with Crippen molar-refractivity contribution in [1.82, 2.24) is 5.32 Å². The van der Waals surface area contributed by atoms with Gasteiger partial charge in [0.2, 0.25) is 0 Å². The van der Waals surface area contributed by atoms with E-state index < -0.39 is 11.9 Å². The Balaban J connectivity index is 1.99. The van der Waals surface area contributed by atoms with Gasteiger partial charge in [0, 0.05) is 24.3 Å². The molecule has 1 amide bonds. The molecule has 3 N–H and O–H groups in total. The Bertz CT molecular complexity index is 485. The van der Waals surface area contributed by atoms with Gasteiger partial charge >= 0.3 is 5.97 Å². The van der Waals surface area contributed by atoms with Crippen LogP contribution in [-0.2, 0) is 11.2 Å². The fourth-order valence-corrected chi connectivity index (χ4v) is 1.87. The summed E-state index contributed by atoms with van der Waals surface area (Å²) in [6.45, 7) is 2.60. The third-order valence-corrected chi connectivity index (χ3v) is 3.07. The lowest BCUT2D eigenvalue weighted by Gasteiger charge is -2.09. The molecule has 96 valence electrons. The molecule has 1 unspecified atom stereocenters. The molecule has 1 heterocycles. The van der Waals surface area contributed by atoms with Crippen molar-refractivity contribution in [2.24, 2.45) is 5.92 Å². The normalized spacial score (nSPS) is 14.5. The number of rotatable bonds is 4. The minimum atomic E-state index is -0.911. The number of carboxylic acid groups (broad SMARTS) is 1. The number of benzene rings is 1. The first kappa shape index (κ1) is 12.4. The smallest absolute Gasteiger partial charge is 0.308 e. The summed E-state index contributed by atoms with van der Waals surface area (Å²) in [5.74, 6) is -1.73. The van der Waals surface area contributed by atoms with Crippen molar-refractivity contribution in [2.45, 2.75) is 13.3 Å². The highest BCUT2D eigenvalue weighted by molar-refractivity contribution is 5.95. The van der Waals surface area contributed by atoms with Crippen LogP contribution in [0.4, 0.5) is 5.69 Å². The number of aliphatic carboxylic acids is 1. The van der Waals surface area contributed by atoms with Crippen molar-refractivity contribution in [3.8, 4) is 0 Å². The van der Waals surface area contributed by atoms with Gasteiger partial charge in [-0.25, -0.2) is 0 Å².